The van der Waals surface area contributed by atoms with Gasteiger partial charge in [0.2, 0.25) is 5.91 Å². The van der Waals surface area contributed by atoms with Crippen LogP contribution in [-0.2, 0) is 24.6 Å². The number of fused-ring (bicyclic) bond motifs is 5. The van der Waals surface area contributed by atoms with Gasteiger partial charge in [-0.05, 0) is 121 Å². The van der Waals surface area contributed by atoms with Crippen molar-refractivity contribution in [1.29, 1.82) is 0 Å². The van der Waals surface area contributed by atoms with Crippen molar-refractivity contribution in [2.24, 2.45) is 17.8 Å². The number of benzene rings is 3. The highest BCUT2D eigenvalue weighted by atomic mass is 35.5. The summed E-state index contributed by atoms with van der Waals surface area (Å²) in [6.45, 7) is 11.1. The third kappa shape index (κ3) is 9.75. The molecule has 2 amide bonds. The number of amides is 2. The molecule has 7 aromatic rings. The first-order valence-electron chi connectivity index (χ1n) is 24.3. The van der Waals surface area contributed by atoms with Crippen LogP contribution in [0.3, 0.4) is 0 Å². The van der Waals surface area contributed by atoms with Gasteiger partial charge < -0.3 is 24.7 Å². The van der Waals surface area contributed by atoms with Gasteiger partial charge in [0.25, 0.3) is 0 Å². The number of nitrogens with one attached hydrogen (secondary N) is 2. The van der Waals surface area contributed by atoms with Crippen LogP contribution in [0.15, 0.2) is 116 Å². The Bertz CT molecular complexity index is 2900. The van der Waals surface area contributed by atoms with Crippen LogP contribution in [0.1, 0.15) is 109 Å². The first kappa shape index (κ1) is 48.4. The molecule has 70 heavy (non-hydrogen) atoms. The Morgan fingerprint density at radius 3 is 1.93 bits per heavy atom. The SMILES string of the molecule is CC(C)(C)OC(=O)NCCCC[C@H](NC(=O)[C@H]1C2CCC(CC2)[C@@H]1n1cc(F)c2cnc(-c3nn(C(c4ccccc4)(c4ccccc4)c4ccccc4)c4ncc(Cl)cc34)nc21)C(=O)OC(C)(C)C. The summed E-state index contributed by atoms with van der Waals surface area (Å²) in [5, 5.41) is 12.5. The second-order valence-corrected chi connectivity index (χ2v) is 21.1. The molecule has 2 N–H and O–H groups in total. The van der Waals surface area contributed by atoms with E-state index in [1.807, 2.05) is 63.8 Å². The van der Waals surface area contributed by atoms with E-state index < -0.39 is 52.6 Å². The zero-order valence-electron chi connectivity index (χ0n) is 40.5. The number of hydrogen-bond acceptors (Lipinski definition) is 9. The van der Waals surface area contributed by atoms with Crippen LogP contribution >= 0.6 is 11.6 Å². The van der Waals surface area contributed by atoms with Crippen LogP contribution in [0, 0.1) is 23.6 Å². The van der Waals surface area contributed by atoms with Crippen LogP contribution in [0.5, 0.6) is 0 Å². The molecular formula is C55H60ClFN8O5. The van der Waals surface area contributed by atoms with E-state index >= 15 is 4.39 Å². The molecule has 4 aromatic heterocycles. The number of hydrogen-bond donors (Lipinski definition) is 2. The highest BCUT2D eigenvalue weighted by molar-refractivity contribution is 6.31. The number of pyridine rings is 1. The maximum atomic E-state index is 16.4. The average Bonchev–Trinajstić information content (AvgIpc) is 3.87. The summed E-state index contributed by atoms with van der Waals surface area (Å²) in [5.74, 6) is -1.66. The van der Waals surface area contributed by atoms with Gasteiger partial charge in [0, 0.05) is 31.2 Å². The normalized spacial score (nSPS) is 18.7. The molecule has 0 saturated heterocycles. The third-order valence-electron chi connectivity index (χ3n) is 13.5. The van der Waals surface area contributed by atoms with Crippen molar-refractivity contribution in [3.8, 4) is 11.5 Å². The van der Waals surface area contributed by atoms with Crippen LogP contribution in [0.2, 0.25) is 5.02 Å². The van der Waals surface area contributed by atoms with Crippen molar-refractivity contribution in [1.82, 2.24) is 39.9 Å². The Labute approximate surface area is 412 Å². The summed E-state index contributed by atoms with van der Waals surface area (Å²) in [6, 6.07) is 30.8. The van der Waals surface area contributed by atoms with Crippen molar-refractivity contribution in [3.63, 3.8) is 0 Å². The fraction of sp³-hybridized carbons (Fsp3) is 0.400. The van der Waals surface area contributed by atoms with Crippen molar-refractivity contribution in [3.05, 3.63) is 143 Å². The van der Waals surface area contributed by atoms with E-state index in [0.717, 1.165) is 42.4 Å². The minimum atomic E-state index is -1.03. The Morgan fingerprint density at radius 1 is 0.757 bits per heavy atom. The molecule has 0 aliphatic heterocycles. The van der Waals surface area contributed by atoms with E-state index in [2.05, 4.69) is 47.0 Å². The molecule has 2 bridgehead atoms. The fourth-order valence-electron chi connectivity index (χ4n) is 10.7. The van der Waals surface area contributed by atoms with Gasteiger partial charge in [-0.15, -0.1) is 0 Å². The molecule has 3 aliphatic carbocycles. The second-order valence-electron chi connectivity index (χ2n) is 20.6. The quantitative estimate of drug-likeness (QED) is 0.0615. The fourth-order valence-corrected chi connectivity index (χ4v) is 10.8. The number of nitrogens with zero attached hydrogens (tertiary/aromatic N) is 6. The number of rotatable bonds is 14. The van der Waals surface area contributed by atoms with E-state index in [-0.39, 0.29) is 29.0 Å². The van der Waals surface area contributed by atoms with Gasteiger partial charge in [0.1, 0.15) is 34.1 Å². The molecule has 3 saturated carbocycles. The van der Waals surface area contributed by atoms with Gasteiger partial charge >= 0.3 is 12.1 Å². The molecule has 13 nitrogen and oxygen atoms in total. The standard InChI is InChI=1S/C55H60ClFN8O5/c1-53(2,3)69-51(67)43(24-16-17-29-58-52(68)70-54(4,5)6)61-50(66)44-34-25-27-35(28-26-34)46(44)64-33-42(57)41-32-59-47(62-49(41)64)45-40-30-39(56)31-60-48(40)65(63-45)55(36-18-10-7-11-19-36,37-20-12-8-13-21-37)38-22-14-9-15-23-38/h7-15,18-23,30-35,43-44,46H,16-17,24-29H2,1-6H3,(H,58,68)(H,61,66)/t34?,35?,43-,44-,46-/m0/s1. The number of unbranched alkanes of at least 4 members (excludes halogenated alkanes) is 1. The molecule has 3 aliphatic rings. The molecule has 4 heterocycles. The first-order valence-corrected chi connectivity index (χ1v) is 24.6. The number of carbonyl (C=O) groups is 3. The van der Waals surface area contributed by atoms with E-state index in [1.54, 1.807) is 53.8 Å². The topological polar surface area (TPSA) is 155 Å². The van der Waals surface area contributed by atoms with Crippen molar-refractivity contribution < 1.29 is 28.2 Å². The highest BCUT2D eigenvalue weighted by Crippen LogP contribution is 2.52. The number of ether oxygens (including phenoxy) is 2. The molecule has 364 valence electrons. The summed E-state index contributed by atoms with van der Waals surface area (Å²) in [4.78, 5) is 55.7. The van der Waals surface area contributed by atoms with Crippen LogP contribution in [-0.4, -0.2) is 71.1 Å². The van der Waals surface area contributed by atoms with Gasteiger partial charge in [-0.1, -0.05) is 103 Å². The van der Waals surface area contributed by atoms with Crippen LogP contribution < -0.4 is 10.6 Å². The molecule has 0 radical (unpaired) electrons. The van der Waals surface area contributed by atoms with Crippen molar-refractivity contribution in [2.75, 3.05) is 6.54 Å². The summed E-state index contributed by atoms with van der Waals surface area (Å²) in [5.41, 5.74) is 1.61. The zero-order chi connectivity index (χ0) is 49.4. The van der Waals surface area contributed by atoms with E-state index in [9.17, 15) is 14.4 Å². The lowest BCUT2D eigenvalue weighted by Crippen LogP contribution is -2.53. The molecule has 0 spiro atoms. The Balaban J connectivity index is 1.10. The van der Waals surface area contributed by atoms with E-state index in [4.69, 9.17) is 41.1 Å². The average molecular weight is 968 g/mol. The maximum Gasteiger partial charge on any atom is 0.407 e. The lowest BCUT2D eigenvalue weighted by molar-refractivity contribution is -0.160. The monoisotopic (exact) mass is 966 g/mol. The summed E-state index contributed by atoms with van der Waals surface area (Å²) < 4.78 is 31.3. The lowest BCUT2D eigenvalue weighted by Gasteiger charge is -2.48. The molecule has 0 unspecified atom stereocenters. The number of carbonyl (C=O) groups excluding carboxylic acids is 3. The van der Waals surface area contributed by atoms with E-state index in [0.29, 0.717) is 53.2 Å². The molecule has 10 rings (SSSR count). The largest absolute Gasteiger partial charge is 0.458 e. The number of alkyl carbamates (subject to hydrolysis) is 1. The summed E-state index contributed by atoms with van der Waals surface area (Å²) >= 11 is 6.74. The number of halogens is 2. The smallest absolute Gasteiger partial charge is 0.407 e. The molecule has 3 aromatic carbocycles. The molecule has 3 atom stereocenters. The Morgan fingerprint density at radius 2 is 1.34 bits per heavy atom. The molecule has 3 fully saturated rings. The minimum absolute atomic E-state index is 0.0101. The predicted molar refractivity (Wildman–Crippen MR) is 267 cm³/mol. The minimum Gasteiger partial charge on any atom is -0.458 e. The zero-order valence-corrected chi connectivity index (χ0v) is 41.2. The maximum absolute atomic E-state index is 16.4. The van der Waals surface area contributed by atoms with Gasteiger partial charge in [0.15, 0.2) is 17.3 Å². The highest BCUT2D eigenvalue weighted by Gasteiger charge is 2.49. The molecule has 15 heteroatoms. The van der Waals surface area contributed by atoms with Crippen LogP contribution in [0.25, 0.3) is 33.6 Å². The van der Waals surface area contributed by atoms with Gasteiger partial charge in [-0.25, -0.2) is 33.6 Å². The molecular weight excluding hydrogens is 907 g/mol. The number of aromatic nitrogens is 6. The Hall–Kier alpha value is -6.67. The predicted octanol–water partition coefficient (Wildman–Crippen LogP) is 11.0. The third-order valence-corrected chi connectivity index (χ3v) is 13.7. The van der Waals surface area contributed by atoms with Crippen molar-refractivity contribution >= 4 is 51.6 Å². The van der Waals surface area contributed by atoms with E-state index in [1.165, 1.54) is 12.4 Å². The number of esters is 1. The lowest BCUT2D eigenvalue weighted by atomic mass is 9.61. The summed E-state index contributed by atoms with van der Waals surface area (Å²) in [6.07, 6.45) is 8.74. The second kappa shape index (κ2) is 19.6. The van der Waals surface area contributed by atoms with Gasteiger partial charge in [-0.2, -0.15) is 5.10 Å². The summed E-state index contributed by atoms with van der Waals surface area (Å²) in [7, 11) is 0. The van der Waals surface area contributed by atoms with Gasteiger partial charge in [0.05, 0.1) is 21.7 Å². The van der Waals surface area contributed by atoms with Gasteiger partial charge in [-0.3, -0.25) is 4.79 Å². The van der Waals surface area contributed by atoms with Crippen LogP contribution in [0.4, 0.5) is 9.18 Å². The first-order chi connectivity index (χ1) is 33.5. The Kier molecular flexibility index (Phi) is 13.5. The van der Waals surface area contributed by atoms with Crippen molar-refractivity contribution in [2.45, 2.75) is 115 Å².